The molecule has 1 atom stereocenters. The van der Waals surface area contributed by atoms with Gasteiger partial charge in [-0.1, -0.05) is 40.2 Å². The number of halogens is 2. The zero-order chi connectivity index (χ0) is 14.5. The van der Waals surface area contributed by atoms with Crippen molar-refractivity contribution in [3.05, 3.63) is 44.6 Å². The van der Waals surface area contributed by atoms with Crippen molar-refractivity contribution in [1.82, 2.24) is 20.3 Å². The molecule has 1 aromatic carbocycles. The molecule has 0 saturated carbocycles. The highest BCUT2D eigenvalue weighted by Gasteiger charge is 2.19. The fourth-order valence-electron chi connectivity index (χ4n) is 2.15. The minimum absolute atomic E-state index is 0.200. The number of benzene rings is 1. The Hall–Kier alpha value is -0.720. The summed E-state index contributed by atoms with van der Waals surface area (Å²) in [6, 6.07) is 8.63. The van der Waals surface area contributed by atoms with Gasteiger partial charge in [-0.25, -0.2) is 4.68 Å². The number of nitrogens with one attached hydrogen (secondary N) is 1. The van der Waals surface area contributed by atoms with Crippen LogP contribution in [-0.4, -0.2) is 21.5 Å². The first kappa shape index (κ1) is 15.7. The molecule has 6 heteroatoms. The number of aromatic nitrogens is 3. The summed E-state index contributed by atoms with van der Waals surface area (Å²) < 4.78 is 3.74. The Bertz CT molecular complexity index is 531. The molecule has 0 fully saturated rings. The standard InChI is InChI=1S/C14H18Br2N4/c1-3-8-17-12(13-14(16)18-19-20(13)2)9-10-4-6-11(15)7-5-10/h4-7,12,17H,3,8-9H2,1-2H3. The third kappa shape index (κ3) is 3.90. The van der Waals surface area contributed by atoms with E-state index in [0.29, 0.717) is 0 Å². The van der Waals surface area contributed by atoms with Crippen LogP contribution in [0.25, 0.3) is 0 Å². The number of hydrogen-bond donors (Lipinski definition) is 1. The Morgan fingerprint density at radius 1 is 1.25 bits per heavy atom. The lowest BCUT2D eigenvalue weighted by atomic mass is 10.0. The van der Waals surface area contributed by atoms with E-state index in [4.69, 9.17) is 0 Å². The second-order valence-corrected chi connectivity index (χ2v) is 6.39. The van der Waals surface area contributed by atoms with Gasteiger partial charge in [0.05, 0.1) is 11.7 Å². The molecule has 1 heterocycles. The van der Waals surface area contributed by atoms with E-state index in [-0.39, 0.29) is 6.04 Å². The SMILES string of the molecule is CCCNC(Cc1ccc(Br)cc1)c1c(Br)nnn1C. The molecule has 0 bridgehead atoms. The van der Waals surface area contributed by atoms with Crippen LogP contribution in [0.2, 0.25) is 0 Å². The van der Waals surface area contributed by atoms with E-state index in [2.05, 4.69) is 78.7 Å². The van der Waals surface area contributed by atoms with E-state index in [1.807, 2.05) is 11.7 Å². The molecule has 2 aromatic rings. The highest BCUT2D eigenvalue weighted by Crippen LogP contribution is 2.24. The molecule has 0 spiro atoms. The second kappa shape index (κ2) is 7.33. The van der Waals surface area contributed by atoms with Crippen LogP contribution in [0, 0.1) is 0 Å². The van der Waals surface area contributed by atoms with Crippen LogP contribution in [0.15, 0.2) is 33.3 Å². The molecule has 4 nitrogen and oxygen atoms in total. The zero-order valence-corrected chi connectivity index (χ0v) is 14.8. The van der Waals surface area contributed by atoms with Crippen LogP contribution in [0.1, 0.15) is 30.6 Å². The lowest BCUT2D eigenvalue weighted by Crippen LogP contribution is -2.26. The topological polar surface area (TPSA) is 42.7 Å². The Labute approximate surface area is 136 Å². The summed E-state index contributed by atoms with van der Waals surface area (Å²) >= 11 is 6.96. The summed E-state index contributed by atoms with van der Waals surface area (Å²) in [6.07, 6.45) is 2.01. The van der Waals surface area contributed by atoms with Gasteiger partial charge in [0.2, 0.25) is 0 Å². The molecule has 0 amide bonds. The molecule has 1 N–H and O–H groups in total. The lowest BCUT2D eigenvalue weighted by Gasteiger charge is -2.19. The number of rotatable bonds is 6. The smallest absolute Gasteiger partial charge is 0.153 e. The maximum Gasteiger partial charge on any atom is 0.153 e. The number of hydrogen-bond acceptors (Lipinski definition) is 3. The molecule has 0 saturated heterocycles. The molecule has 2 rings (SSSR count). The Morgan fingerprint density at radius 2 is 1.95 bits per heavy atom. The predicted molar refractivity (Wildman–Crippen MR) is 87.6 cm³/mol. The van der Waals surface area contributed by atoms with Crippen LogP contribution in [0.4, 0.5) is 0 Å². The quantitative estimate of drug-likeness (QED) is 0.803. The fraction of sp³-hybridized carbons (Fsp3) is 0.429. The number of aryl methyl sites for hydroxylation is 1. The molecule has 1 unspecified atom stereocenters. The number of nitrogens with zero attached hydrogens (tertiary/aromatic N) is 3. The summed E-state index contributed by atoms with van der Waals surface area (Å²) in [5.74, 6) is 0. The van der Waals surface area contributed by atoms with E-state index in [0.717, 1.165) is 34.2 Å². The van der Waals surface area contributed by atoms with E-state index >= 15 is 0 Å². The molecule has 20 heavy (non-hydrogen) atoms. The van der Waals surface area contributed by atoms with Crippen molar-refractivity contribution in [3.63, 3.8) is 0 Å². The van der Waals surface area contributed by atoms with E-state index in [9.17, 15) is 0 Å². The highest BCUT2D eigenvalue weighted by atomic mass is 79.9. The van der Waals surface area contributed by atoms with Gasteiger partial charge < -0.3 is 5.32 Å². The van der Waals surface area contributed by atoms with Crippen molar-refractivity contribution in [1.29, 1.82) is 0 Å². The molecule has 0 aliphatic rings. The van der Waals surface area contributed by atoms with Crippen LogP contribution in [0.3, 0.4) is 0 Å². The molecule has 1 aromatic heterocycles. The Balaban J connectivity index is 2.21. The van der Waals surface area contributed by atoms with E-state index in [1.165, 1.54) is 5.56 Å². The molecule has 0 aliphatic heterocycles. The summed E-state index contributed by atoms with van der Waals surface area (Å²) in [4.78, 5) is 0. The third-order valence-electron chi connectivity index (χ3n) is 3.15. The maximum absolute atomic E-state index is 4.08. The first-order valence-corrected chi connectivity index (χ1v) is 8.23. The van der Waals surface area contributed by atoms with Crippen molar-refractivity contribution < 1.29 is 0 Å². The monoisotopic (exact) mass is 400 g/mol. The highest BCUT2D eigenvalue weighted by molar-refractivity contribution is 9.10. The molecular formula is C14H18Br2N4. The molecule has 0 aliphatic carbocycles. The van der Waals surface area contributed by atoms with Gasteiger partial charge in [-0.3, -0.25) is 0 Å². The van der Waals surface area contributed by atoms with Crippen molar-refractivity contribution in [2.24, 2.45) is 7.05 Å². The summed E-state index contributed by atoms with van der Waals surface area (Å²) in [5.41, 5.74) is 2.37. The van der Waals surface area contributed by atoms with Crippen LogP contribution >= 0.6 is 31.9 Å². The molecule has 0 radical (unpaired) electrons. The normalized spacial score (nSPS) is 12.6. The van der Waals surface area contributed by atoms with Gasteiger partial charge in [-0.2, -0.15) is 0 Å². The zero-order valence-electron chi connectivity index (χ0n) is 11.6. The minimum atomic E-state index is 0.200. The van der Waals surface area contributed by atoms with E-state index < -0.39 is 0 Å². The van der Waals surface area contributed by atoms with Gasteiger partial charge in [-0.05, 0) is 53.0 Å². The van der Waals surface area contributed by atoms with Gasteiger partial charge in [0.15, 0.2) is 4.60 Å². The largest absolute Gasteiger partial charge is 0.308 e. The first-order chi connectivity index (χ1) is 9.61. The second-order valence-electron chi connectivity index (χ2n) is 4.73. The summed E-state index contributed by atoms with van der Waals surface area (Å²) in [7, 11) is 1.93. The summed E-state index contributed by atoms with van der Waals surface area (Å²) in [5, 5.41) is 11.7. The fourth-order valence-corrected chi connectivity index (χ4v) is 3.02. The Kier molecular flexibility index (Phi) is 5.74. The van der Waals surface area contributed by atoms with Crippen molar-refractivity contribution in [2.75, 3.05) is 6.54 Å². The van der Waals surface area contributed by atoms with Gasteiger partial charge >= 0.3 is 0 Å². The van der Waals surface area contributed by atoms with Crippen molar-refractivity contribution >= 4 is 31.9 Å². The van der Waals surface area contributed by atoms with Gasteiger partial charge in [-0.15, -0.1) is 5.10 Å². The predicted octanol–water partition coefficient (Wildman–Crippen LogP) is 3.62. The maximum atomic E-state index is 4.08. The van der Waals surface area contributed by atoms with Crippen molar-refractivity contribution in [3.8, 4) is 0 Å². The average molecular weight is 402 g/mol. The van der Waals surface area contributed by atoms with Crippen LogP contribution < -0.4 is 5.32 Å². The van der Waals surface area contributed by atoms with Crippen LogP contribution in [-0.2, 0) is 13.5 Å². The van der Waals surface area contributed by atoms with Gasteiger partial charge in [0.1, 0.15) is 0 Å². The van der Waals surface area contributed by atoms with Crippen LogP contribution in [0.5, 0.6) is 0 Å². The lowest BCUT2D eigenvalue weighted by molar-refractivity contribution is 0.491. The first-order valence-electron chi connectivity index (χ1n) is 6.64. The minimum Gasteiger partial charge on any atom is -0.308 e. The average Bonchev–Trinajstić information content (AvgIpc) is 2.77. The Morgan fingerprint density at radius 3 is 2.50 bits per heavy atom. The third-order valence-corrected chi connectivity index (χ3v) is 4.24. The van der Waals surface area contributed by atoms with Crippen molar-refractivity contribution in [2.45, 2.75) is 25.8 Å². The molecular weight excluding hydrogens is 384 g/mol. The van der Waals surface area contributed by atoms with Gasteiger partial charge in [0.25, 0.3) is 0 Å². The molecule has 108 valence electrons. The van der Waals surface area contributed by atoms with E-state index in [1.54, 1.807) is 0 Å². The van der Waals surface area contributed by atoms with Gasteiger partial charge in [0, 0.05) is 11.5 Å². The summed E-state index contributed by atoms with van der Waals surface area (Å²) in [6.45, 7) is 3.14.